The maximum absolute atomic E-state index is 13.5. The third kappa shape index (κ3) is 2.66. The van der Waals surface area contributed by atoms with Crippen LogP contribution in [0, 0.1) is 60.0 Å². The van der Waals surface area contributed by atoms with Crippen LogP contribution in [0.2, 0.25) is 0 Å². The summed E-state index contributed by atoms with van der Waals surface area (Å²) in [6.07, 6.45) is -1.16. The molecule has 2 aliphatic heterocycles. The van der Waals surface area contributed by atoms with Crippen molar-refractivity contribution in [1.29, 1.82) is 5.26 Å². The van der Waals surface area contributed by atoms with Gasteiger partial charge in [-0.15, -0.1) is 0 Å². The molecule has 2 aromatic carbocycles. The summed E-state index contributed by atoms with van der Waals surface area (Å²) in [7, 11) is 0. The number of nitro groups is 1. The number of aryl methyl sites for hydroxylation is 3. The lowest BCUT2D eigenvalue weighted by Gasteiger charge is -2.31. The van der Waals surface area contributed by atoms with Crippen LogP contribution in [0.5, 0.6) is 0 Å². The molecule has 2 bridgehead atoms. The molecular weight excluding hydrogens is 408 g/mol. The molecule has 2 aromatic rings. The number of allylic oxidation sites excluding steroid dienone is 1. The minimum atomic E-state index is -0.617. The molecule has 0 amide bonds. The van der Waals surface area contributed by atoms with Gasteiger partial charge in [-0.2, -0.15) is 5.26 Å². The van der Waals surface area contributed by atoms with Crippen LogP contribution < -0.4 is 0 Å². The zero-order valence-corrected chi connectivity index (χ0v) is 17.9. The molecule has 1 aliphatic carbocycles. The molecule has 5 rings (SSSR count). The van der Waals surface area contributed by atoms with Gasteiger partial charge in [0.2, 0.25) is 0 Å². The van der Waals surface area contributed by atoms with Crippen molar-refractivity contribution >= 4 is 17.0 Å². The van der Waals surface area contributed by atoms with E-state index < -0.39 is 34.9 Å². The number of benzene rings is 2. The van der Waals surface area contributed by atoms with Crippen LogP contribution in [-0.2, 0) is 9.53 Å². The Labute approximate surface area is 185 Å². The lowest BCUT2D eigenvalue weighted by atomic mass is 9.67. The summed E-state index contributed by atoms with van der Waals surface area (Å²) in [4.78, 5) is 24.1. The number of non-ortho nitro benzene ring substituents is 1. The predicted octanol–water partition coefficient (Wildman–Crippen LogP) is 4.31. The molecule has 6 atom stereocenters. The molecule has 3 aliphatic rings. The van der Waals surface area contributed by atoms with Gasteiger partial charge >= 0.3 is 0 Å². The number of hydrogen-bond acceptors (Lipinski definition) is 6. The van der Waals surface area contributed by atoms with Crippen LogP contribution in [0.4, 0.5) is 5.69 Å². The largest absolute Gasteiger partial charge is 0.511 e. The van der Waals surface area contributed by atoms with Gasteiger partial charge in [0.1, 0.15) is 5.76 Å². The fourth-order valence-electron chi connectivity index (χ4n) is 6.08. The first-order chi connectivity index (χ1) is 15.2. The molecule has 0 radical (unpaired) electrons. The Balaban J connectivity index is 1.59. The molecule has 32 heavy (non-hydrogen) atoms. The smallest absolute Gasteiger partial charge is 0.269 e. The van der Waals surface area contributed by atoms with E-state index >= 15 is 0 Å². The number of ether oxygens (including phenoxy) is 1. The van der Waals surface area contributed by atoms with Crippen molar-refractivity contribution in [2.24, 2.45) is 17.8 Å². The number of ketones is 1. The van der Waals surface area contributed by atoms with E-state index in [1.54, 1.807) is 12.1 Å². The van der Waals surface area contributed by atoms with Gasteiger partial charge in [0.15, 0.2) is 5.78 Å². The second-order valence-corrected chi connectivity index (χ2v) is 9.04. The maximum atomic E-state index is 13.5. The number of fused-ring (bicyclic) bond motifs is 5. The second-order valence-electron chi connectivity index (χ2n) is 9.04. The maximum Gasteiger partial charge on any atom is 0.269 e. The number of rotatable bonds is 3. The van der Waals surface area contributed by atoms with Gasteiger partial charge < -0.3 is 9.84 Å². The number of carbonyl (C=O) groups is 1. The van der Waals surface area contributed by atoms with Gasteiger partial charge in [-0.1, -0.05) is 29.8 Å². The Kier molecular flexibility index (Phi) is 4.47. The number of Topliss-reactive ketones (excluding diaryl/α,β-unsaturated/α-hetero) is 1. The topological polar surface area (TPSA) is 113 Å². The molecular formula is C25H22N2O5. The summed E-state index contributed by atoms with van der Waals surface area (Å²) in [5.41, 5.74) is 4.74. The number of nitrogens with zero attached hydrogens (tertiary/aromatic N) is 2. The molecule has 0 aromatic heterocycles. The van der Waals surface area contributed by atoms with E-state index in [0.29, 0.717) is 5.57 Å². The number of nitriles is 1. The van der Waals surface area contributed by atoms with E-state index in [0.717, 1.165) is 27.8 Å². The third-order valence-electron chi connectivity index (χ3n) is 7.19. The van der Waals surface area contributed by atoms with Crippen LogP contribution in [0.3, 0.4) is 0 Å². The van der Waals surface area contributed by atoms with Crippen LogP contribution >= 0.6 is 0 Å². The van der Waals surface area contributed by atoms with Crippen molar-refractivity contribution in [2.45, 2.75) is 38.9 Å². The molecule has 2 fully saturated rings. The van der Waals surface area contributed by atoms with Gasteiger partial charge in [-0.05, 0) is 43.0 Å². The first-order valence-electron chi connectivity index (χ1n) is 10.6. The molecule has 0 spiro atoms. The van der Waals surface area contributed by atoms with Gasteiger partial charge in [-0.3, -0.25) is 14.9 Å². The van der Waals surface area contributed by atoms with Crippen molar-refractivity contribution in [3.05, 3.63) is 80.1 Å². The number of aliphatic hydroxyl groups excluding tert-OH is 1. The average Bonchev–Trinajstić information content (AvgIpc) is 3.38. The highest BCUT2D eigenvalue weighted by Crippen LogP contribution is 2.60. The molecule has 7 heteroatoms. The van der Waals surface area contributed by atoms with E-state index in [1.807, 2.05) is 32.9 Å². The molecule has 1 N–H and O–H groups in total. The minimum absolute atomic E-state index is 0.0318. The Morgan fingerprint density at radius 2 is 1.66 bits per heavy atom. The lowest BCUT2D eigenvalue weighted by Crippen LogP contribution is -2.39. The molecule has 2 saturated heterocycles. The molecule has 7 nitrogen and oxygen atoms in total. The SMILES string of the molecule is Cc1cc(C)c(C2=C(O)[C@@H]3[C@@H]4O[C@@H]([C@@H](C#N)[C@H]4c4ccc([N+](=O)[O-])cc4)[C@@H]3C2=O)c(C)c1. The Bertz CT molecular complexity index is 1220. The first-order valence-corrected chi connectivity index (χ1v) is 10.6. The third-order valence-corrected chi connectivity index (χ3v) is 7.19. The predicted molar refractivity (Wildman–Crippen MR) is 116 cm³/mol. The highest BCUT2D eigenvalue weighted by molar-refractivity contribution is 6.26. The van der Waals surface area contributed by atoms with Crippen molar-refractivity contribution in [2.75, 3.05) is 0 Å². The van der Waals surface area contributed by atoms with Gasteiger partial charge in [0, 0.05) is 18.1 Å². The summed E-state index contributed by atoms with van der Waals surface area (Å²) in [6, 6.07) is 12.4. The second kappa shape index (κ2) is 7.01. The summed E-state index contributed by atoms with van der Waals surface area (Å²) >= 11 is 0. The van der Waals surface area contributed by atoms with E-state index in [2.05, 4.69) is 6.07 Å². The Morgan fingerprint density at radius 3 is 2.22 bits per heavy atom. The van der Waals surface area contributed by atoms with Gasteiger partial charge in [-0.25, -0.2) is 0 Å². The standard InChI is InChI=1S/C25H22N2O5/c1-11-8-12(2)17(13(3)9-11)19-22(28)20-21(23(19)29)25-18(16(10-26)24(20)32-25)14-4-6-15(7-5-14)27(30)31/h4-9,16,18,20-21,24-25,29H,1-3H3/t16-,18+,20-,21+,24-,25+/m0/s1. The average molecular weight is 430 g/mol. The quantitative estimate of drug-likeness (QED) is 0.573. The fourth-order valence-corrected chi connectivity index (χ4v) is 6.08. The van der Waals surface area contributed by atoms with Crippen molar-refractivity contribution in [1.82, 2.24) is 0 Å². The van der Waals surface area contributed by atoms with Crippen molar-refractivity contribution in [3.63, 3.8) is 0 Å². The van der Waals surface area contributed by atoms with Crippen molar-refractivity contribution < 1.29 is 19.6 Å². The number of nitro benzene ring substituents is 1. The summed E-state index contributed by atoms with van der Waals surface area (Å²) < 4.78 is 6.12. The molecule has 0 unspecified atom stereocenters. The number of carbonyl (C=O) groups excluding carboxylic acids is 1. The first kappa shape index (κ1) is 20.4. The monoisotopic (exact) mass is 430 g/mol. The minimum Gasteiger partial charge on any atom is -0.511 e. The van der Waals surface area contributed by atoms with Gasteiger partial charge in [0.25, 0.3) is 5.69 Å². The molecule has 162 valence electrons. The number of aliphatic hydroxyl groups is 1. The van der Waals surface area contributed by atoms with Crippen LogP contribution in [0.1, 0.15) is 33.7 Å². The van der Waals surface area contributed by atoms with Crippen LogP contribution in [0.15, 0.2) is 42.2 Å². The summed E-state index contributed by atoms with van der Waals surface area (Å²) in [5.74, 6) is -2.19. The Morgan fingerprint density at radius 1 is 1.03 bits per heavy atom. The highest BCUT2D eigenvalue weighted by Gasteiger charge is 2.66. The zero-order chi connectivity index (χ0) is 22.9. The van der Waals surface area contributed by atoms with E-state index in [1.165, 1.54) is 12.1 Å². The van der Waals surface area contributed by atoms with Crippen LogP contribution in [0.25, 0.3) is 5.57 Å². The van der Waals surface area contributed by atoms with Crippen molar-refractivity contribution in [3.8, 4) is 6.07 Å². The van der Waals surface area contributed by atoms with E-state index in [-0.39, 0.29) is 23.1 Å². The van der Waals surface area contributed by atoms with E-state index in [9.17, 15) is 25.3 Å². The summed E-state index contributed by atoms with van der Waals surface area (Å²) in [6.45, 7) is 5.85. The highest BCUT2D eigenvalue weighted by atomic mass is 16.6. The Hall–Kier alpha value is -3.50. The zero-order valence-electron chi connectivity index (χ0n) is 17.9. The fraction of sp³-hybridized carbons (Fsp3) is 0.360. The normalized spacial score (nSPS) is 30.5. The van der Waals surface area contributed by atoms with Crippen LogP contribution in [-0.4, -0.2) is 28.0 Å². The summed E-state index contributed by atoms with van der Waals surface area (Å²) in [5, 5.41) is 32.2. The number of hydrogen-bond donors (Lipinski definition) is 1. The van der Waals surface area contributed by atoms with Gasteiger partial charge in [0.05, 0.1) is 46.5 Å². The molecule has 0 saturated carbocycles. The molecule has 2 heterocycles. The van der Waals surface area contributed by atoms with E-state index in [4.69, 9.17) is 4.74 Å². The lowest BCUT2D eigenvalue weighted by molar-refractivity contribution is -0.384.